The summed E-state index contributed by atoms with van der Waals surface area (Å²) in [7, 11) is 3.86. The average Bonchev–Trinajstić information content (AvgIpc) is 2.82. The molecule has 0 unspecified atom stereocenters. The molecule has 0 fully saturated rings. The molecule has 0 radical (unpaired) electrons. The van der Waals surface area contributed by atoms with Crippen molar-refractivity contribution in [3.8, 4) is 16.9 Å². The molecule has 1 aliphatic rings. The maximum absolute atomic E-state index is 13.5. The van der Waals surface area contributed by atoms with Gasteiger partial charge in [0.2, 0.25) is 0 Å². The lowest BCUT2D eigenvalue weighted by atomic mass is 9.98. The largest absolute Gasteiger partial charge is 0.493 e. The van der Waals surface area contributed by atoms with Crippen molar-refractivity contribution >= 4 is 45.7 Å². The molecule has 172 valence electrons. The van der Waals surface area contributed by atoms with Gasteiger partial charge in [-0.2, -0.15) is 0 Å². The summed E-state index contributed by atoms with van der Waals surface area (Å²) < 4.78 is 5.74. The van der Waals surface area contributed by atoms with Gasteiger partial charge in [-0.25, -0.2) is 0 Å². The molecule has 2 heterocycles. The van der Waals surface area contributed by atoms with Crippen molar-refractivity contribution in [2.75, 3.05) is 25.6 Å². The van der Waals surface area contributed by atoms with Gasteiger partial charge in [-0.1, -0.05) is 59.6 Å². The summed E-state index contributed by atoms with van der Waals surface area (Å²) in [5, 5.41) is 5.18. The Labute approximate surface area is 208 Å². The molecular formula is C27H23Cl2N3O2. The number of fused-ring (bicyclic) bond motifs is 2. The normalized spacial score (nSPS) is 14.9. The Morgan fingerprint density at radius 1 is 1.06 bits per heavy atom. The quantitative estimate of drug-likeness (QED) is 0.352. The summed E-state index contributed by atoms with van der Waals surface area (Å²) >= 11 is 12.5. The number of ether oxygens (including phenoxy) is 1. The molecule has 4 aromatic rings. The standard InChI is InChI=1S/C27H23Cl2N3O2/c1-32(2)26-21-8-5-7-19(16-12-17(28)14-18(29)13-16)25(21)30-15-22(26)27(33)31-23-10-11-34-24-9-4-3-6-20(23)24/h3-9,12-15,23H,10-11H2,1-2H3,(H,31,33)/t23-/m1/s1. The van der Waals surface area contributed by atoms with Crippen LogP contribution in [0.5, 0.6) is 5.75 Å². The number of carbonyl (C=O) groups is 1. The lowest BCUT2D eigenvalue weighted by molar-refractivity contribution is 0.0925. The summed E-state index contributed by atoms with van der Waals surface area (Å²) in [6, 6.07) is 19.0. The second kappa shape index (κ2) is 9.16. The summed E-state index contributed by atoms with van der Waals surface area (Å²) in [6.45, 7) is 0.560. The molecule has 7 heteroatoms. The van der Waals surface area contributed by atoms with E-state index in [9.17, 15) is 4.79 Å². The number of rotatable bonds is 4. The minimum Gasteiger partial charge on any atom is -0.493 e. The van der Waals surface area contributed by atoms with Gasteiger partial charge in [0.1, 0.15) is 5.75 Å². The number of carbonyl (C=O) groups excluding carboxylic acids is 1. The van der Waals surface area contributed by atoms with Crippen LogP contribution in [-0.4, -0.2) is 31.6 Å². The smallest absolute Gasteiger partial charge is 0.255 e. The van der Waals surface area contributed by atoms with Gasteiger partial charge >= 0.3 is 0 Å². The van der Waals surface area contributed by atoms with Gasteiger partial charge in [-0.15, -0.1) is 0 Å². The third-order valence-corrected chi connectivity index (χ3v) is 6.43. The number of hydrogen-bond acceptors (Lipinski definition) is 4. The zero-order chi connectivity index (χ0) is 23.8. The first-order valence-corrected chi connectivity index (χ1v) is 11.8. The molecule has 0 spiro atoms. The van der Waals surface area contributed by atoms with Crippen LogP contribution in [0.1, 0.15) is 28.4 Å². The van der Waals surface area contributed by atoms with Crippen molar-refractivity contribution in [1.82, 2.24) is 10.3 Å². The lowest BCUT2D eigenvalue weighted by Gasteiger charge is -2.27. The first-order valence-electron chi connectivity index (χ1n) is 11.0. The second-order valence-electron chi connectivity index (χ2n) is 8.48. The number of amides is 1. The first kappa shape index (κ1) is 22.5. The number of aromatic nitrogens is 1. The van der Waals surface area contributed by atoms with Crippen LogP contribution in [-0.2, 0) is 0 Å². The van der Waals surface area contributed by atoms with Crippen LogP contribution in [0.3, 0.4) is 0 Å². The highest BCUT2D eigenvalue weighted by Gasteiger charge is 2.25. The molecule has 5 rings (SSSR count). The molecule has 0 bridgehead atoms. The van der Waals surface area contributed by atoms with Gasteiger partial charge in [-0.05, 0) is 29.8 Å². The highest BCUT2D eigenvalue weighted by molar-refractivity contribution is 6.35. The van der Waals surface area contributed by atoms with E-state index in [0.29, 0.717) is 28.6 Å². The van der Waals surface area contributed by atoms with E-state index in [2.05, 4.69) is 5.32 Å². The molecule has 0 saturated carbocycles. The summed E-state index contributed by atoms with van der Waals surface area (Å²) in [5.74, 6) is 0.643. The number of halogens is 2. The highest BCUT2D eigenvalue weighted by Crippen LogP contribution is 2.37. The van der Waals surface area contributed by atoms with E-state index in [-0.39, 0.29) is 11.9 Å². The molecule has 34 heavy (non-hydrogen) atoms. The van der Waals surface area contributed by atoms with E-state index in [4.69, 9.17) is 32.9 Å². The SMILES string of the molecule is CN(C)c1c(C(=O)N[C@@H]2CCOc3ccccc32)cnc2c(-c3cc(Cl)cc(Cl)c3)cccc12. The zero-order valence-electron chi connectivity index (χ0n) is 18.8. The van der Waals surface area contributed by atoms with Gasteiger partial charge in [0.15, 0.2) is 0 Å². The minimum absolute atomic E-state index is 0.122. The van der Waals surface area contributed by atoms with Crippen molar-refractivity contribution in [2.45, 2.75) is 12.5 Å². The highest BCUT2D eigenvalue weighted by atomic mass is 35.5. The number of nitrogens with one attached hydrogen (secondary N) is 1. The number of para-hydroxylation sites is 2. The lowest BCUT2D eigenvalue weighted by Crippen LogP contribution is -2.33. The average molecular weight is 492 g/mol. The molecule has 1 amide bonds. The Kier molecular flexibility index (Phi) is 6.07. The topological polar surface area (TPSA) is 54.5 Å². The monoisotopic (exact) mass is 491 g/mol. The van der Waals surface area contributed by atoms with Crippen LogP contribution in [0.15, 0.2) is 66.9 Å². The maximum atomic E-state index is 13.5. The van der Waals surface area contributed by atoms with E-state index >= 15 is 0 Å². The molecule has 1 aromatic heterocycles. The van der Waals surface area contributed by atoms with E-state index in [0.717, 1.165) is 39.0 Å². The van der Waals surface area contributed by atoms with E-state index in [1.165, 1.54) is 0 Å². The van der Waals surface area contributed by atoms with Crippen LogP contribution in [0, 0.1) is 0 Å². The van der Waals surface area contributed by atoms with Crippen LogP contribution in [0.25, 0.3) is 22.0 Å². The predicted molar refractivity (Wildman–Crippen MR) is 138 cm³/mol. The number of nitrogens with zero attached hydrogens (tertiary/aromatic N) is 2. The van der Waals surface area contributed by atoms with Gasteiger partial charge in [-0.3, -0.25) is 9.78 Å². The van der Waals surface area contributed by atoms with Gasteiger partial charge in [0.05, 0.1) is 29.4 Å². The molecule has 5 nitrogen and oxygen atoms in total. The fourth-order valence-corrected chi connectivity index (χ4v) is 5.05. The Balaban J connectivity index is 1.58. The van der Waals surface area contributed by atoms with Crippen LogP contribution < -0.4 is 15.0 Å². The van der Waals surface area contributed by atoms with E-state index in [1.807, 2.05) is 73.6 Å². The van der Waals surface area contributed by atoms with Crippen LogP contribution >= 0.6 is 23.2 Å². The summed E-state index contributed by atoms with van der Waals surface area (Å²) in [6.07, 6.45) is 2.36. The van der Waals surface area contributed by atoms with Gasteiger partial charge < -0.3 is 15.0 Å². The second-order valence-corrected chi connectivity index (χ2v) is 9.35. The van der Waals surface area contributed by atoms with Gasteiger partial charge in [0.25, 0.3) is 5.91 Å². The molecule has 1 N–H and O–H groups in total. The van der Waals surface area contributed by atoms with Crippen LogP contribution in [0.4, 0.5) is 5.69 Å². The number of hydrogen-bond donors (Lipinski definition) is 1. The molecule has 0 saturated heterocycles. The Hall–Kier alpha value is -3.28. The Morgan fingerprint density at radius 2 is 1.82 bits per heavy atom. The van der Waals surface area contributed by atoms with Crippen molar-refractivity contribution in [3.63, 3.8) is 0 Å². The molecular weight excluding hydrogens is 469 g/mol. The fraction of sp³-hybridized carbons (Fsp3) is 0.185. The van der Waals surface area contributed by atoms with Crippen LogP contribution in [0.2, 0.25) is 10.0 Å². The number of pyridine rings is 1. The van der Waals surface area contributed by atoms with E-state index in [1.54, 1.807) is 12.3 Å². The summed E-state index contributed by atoms with van der Waals surface area (Å²) in [5.41, 5.74) is 4.85. The predicted octanol–water partition coefficient (Wildman–Crippen LogP) is 6.53. The van der Waals surface area contributed by atoms with E-state index < -0.39 is 0 Å². The third kappa shape index (κ3) is 4.17. The molecule has 3 aromatic carbocycles. The van der Waals surface area contributed by atoms with Crippen molar-refractivity contribution in [1.29, 1.82) is 0 Å². The van der Waals surface area contributed by atoms with Crippen molar-refractivity contribution < 1.29 is 9.53 Å². The minimum atomic E-state index is -0.170. The third-order valence-electron chi connectivity index (χ3n) is 6.00. The zero-order valence-corrected chi connectivity index (χ0v) is 20.3. The fourth-order valence-electron chi connectivity index (χ4n) is 4.53. The van der Waals surface area contributed by atoms with Gasteiger partial charge in [0, 0.05) is 53.3 Å². The first-order chi connectivity index (χ1) is 16.4. The Morgan fingerprint density at radius 3 is 2.59 bits per heavy atom. The molecule has 1 aliphatic heterocycles. The van der Waals surface area contributed by atoms with Crippen molar-refractivity contribution in [2.24, 2.45) is 0 Å². The van der Waals surface area contributed by atoms with Crippen molar-refractivity contribution in [3.05, 3.63) is 88.0 Å². The summed E-state index contributed by atoms with van der Waals surface area (Å²) in [4.78, 5) is 20.2. The number of benzene rings is 3. The number of anilines is 1. The molecule has 1 atom stereocenters. The Bertz CT molecular complexity index is 1380. The molecule has 0 aliphatic carbocycles. The maximum Gasteiger partial charge on any atom is 0.255 e.